The molecule has 0 bridgehead atoms. The maximum Gasteiger partial charge on any atom is 0.289 e. The van der Waals surface area contributed by atoms with Crippen LogP contribution in [0.1, 0.15) is 11.1 Å². The van der Waals surface area contributed by atoms with Gasteiger partial charge in [0.25, 0.3) is 5.24 Å². The number of nitrogens with zero attached hydrogens (tertiary/aromatic N) is 1. The second-order valence-corrected chi connectivity index (χ2v) is 7.69. The molecule has 2 aromatic carbocycles. The number of amides is 2. The van der Waals surface area contributed by atoms with E-state index < -0.39 is 5.25 Å². The first kappa shape index (κ1) is 20.4. The standard InChI is InChI=1S/C20H20ClNO5S/c1-25-15-8-12(9-16(26-2)18(15)27-3)10-17-19(23)22(20(24)28-17)11-13-6-4-5-7-14(13)21/h4-9,17H,10-11H2,1-3H3/t17-/m0/s1. The molecule has 1 heterocycles. The number of hydrogen-bond acceptors (Lipinski definition) is 6. The lowest BCUT2D eigenvalue weighted by Gasteiger charge is -2.16. The molecule has 1 atom stereocenters. The Morgan fingerprint density at radius 1 is 1.04 bits per heavy atom. The summed E-state index contributed by atoms with van der Waals surface area (Å²) in [5.74, 6) is 1.26. The molecule has 8 heteroatoms. The fraction of sp³-hybridized carbons (Fsp3) is 0.300. The van der Waals surface area contributed by atoms with E-state index in [1.165, 1.54) is 26.2 Å². The summed E-state index contributed by atoms with van der Waals surface area (Å²) >= 11 is 7.18. The van der Waals surface area contributed by atoms with Crippen LogP contribution in [0.2, 0.25) is 5.02 Å². The number of carbonyl (C=O) groups is 2. The van der Waals surface area contributed by atoms with Crippen molar-refractivity contribution in [2.45, 2.75) is 18.2 Å². The normalized spacial score (nSPS) is 16.4. The number of carbonyl (C=O) groups excluding carboxylic acids is 2. The van der Waals surface area contributed by atoms with Gasteiger partial charge in [-0.05, 0) is 35.7 Å². The van der Waals surface area contributed by atoms with Crippen LogP contribution in [0.4, 0.5) is 4.79 Å². The van der Waals surface area contributed by atoms with Crippen LogP contribution in [0.15, 0.2) is 36.4 Å². The van der Waals surface area contributed by atoms with Gasteiger partial charge in [0.15, 0.2) is 11.5 Å². The third kappa shape index (κ3) is 4.05. The molecular formula is C20H20ClNO5S. The average molecular weight is 422 g/mol. The molecule has 28 heavy (non-hydrogen) atoms. The van der Waals surface area contributed by atoms with Crippen LogP contribution in [0.25, 0.3) is 0 Å². The Kier molecular flexibility index (Phi) is 6.36. The van der Waals surface area contributed by atoms with Gasteiger partial charge in [-0.1, -0.05) is 41.6 Å². The summed E-state index contributed by atoms with van der Waals surface area (Å²) in [4.78, 5) is 26.5. The summed E-state index contributed by atoms with van der Waals surface area (Å²) in [7, 11) is 4.60. The highest BCUT2D eigenvalue weighted by atomic mass is 35.5. The van der Waals surface area contributed by atoms with Gasteiger partial charge in [-0.15, -0.1) is 0 Å². The van der Waals surface area contributed by atoms with Gasteiger partial charge < -0.3 is 14.2 Å². The molecule has 0 aliphatic carbocycles. The molecule has 0 aromatic heterocycles. The van der Waals surface area contributed by atoms with E-state index in [0.29, 0.717) is 28.7 Å². The third-order valence-electron chi connectivity index (χ3n) is 4.44. The number of hydrogen-bond donors (Lipinski definition) is 0. The molecule has 1 aliphatic heterocycles. The second-order valence-electron chi connectivity index (χ2n) is 6.13. The zero-order valence-electron chi connectivity index (χ0n) is 15.7. The molecular weight excluding hydrogens is 402 g/mol. The number of benzene rings is 2. The van der Waals surface area contributed by atoms with Gasteiger partial charge in [-0.25, -0.2) is 0 Å². The number of ether oxygens (including phenoxy) is 3. The highest BCUT2D eigenvalue weighted by Crippen LogP contribution is 2.40. The minimum Gasteiger partial charge on any atom is -0.493 e. The predicted octanol–water partition coefficient (Wildman–Crippen LogP) is 4.17. The molecule has 148 valence electrons. The fourth-order valence-electron chi connectivity index (χ4n) is 3.04. The Balaban J connectivity index is 1.80. The van der Waals surface area contributed by atoms with Gasteiger partial charge in [0, 0.05) is 5.02 Å². The zero-order chi connectivity index (χ0) is 20.3. The summed E-state index contributed by atoms with van der Waals surface area (Å²) in [5.41, 5.74) is 1.55. The maximum absolute atomic E-state index is 12.8. The van der Waals surface area contributed by atoms with Crippen molar-refractivity contribution in [3.05, 3.63) is 52.5 Å². The minimum absolute atomic E-state index is 0.163. The predicted molar refractivity (Wildman–Crippen MR) is 109 cm³/mol. The Morgan fingerprint density at radius 3 is 2.25 bits per heavy atom. The van der Waals surface area contributed by atoms with Crippen molar-refractivity contribution in [2.75, 3.05) is 21.3 Å². The van der Waals surface area contributed by atoms with Gasteiger partial charge in [0.1, 0.15) is 0 Å². The van der Waals surface area contributed by atoms with Gasteiger partial charge in [0.2, 0.25) is 11.7 Å². The van der Waals surface area contributed by atoms with Crippen LogP contribution in [0.3, 0.4) is 0 Å². The van der Waals surface area contributed by atoms with Crippen molar-refractivity contribution in [1.29, 1.82) is 0 Å². The monoisotopic (exact) mass is 421 g/mol. The number of halogens is 1. The molecule has 1 aliphatic rings. The van der Waals surface area contributed by atoms with E-state index >= 15 is 0 Å². The van der Waals surface area contributed by atoms with E-state index in [1.807, 2.05) is 12.1 Å². The average Bonchev–Trinajstić information content (AvgIpc) is 2.96. The van der Waals surface area contributed by atoms with Gasteiger partial charge >= 0.3 is 0 Å². The quantitative estimate of drug-likeness (QED) is 0.668. The van der Waals surface area contributed by atoms with Crippen LogP contribution in [-0.4, -0.2) is 42.6 Å². The SMILES string of the molecule is COc1cc(C[C@@H]2SC(=O)N(Cc3ccccc3Cl)C2=O)cc(OC)c1OC. The maximum atomic E-state index is 12.8. The van der Waals surface area contributed by atoms with Crippen LogP contribution in [0.5, 0.6) is 17.2 Å². The van der Waals surface area contributed by atoms with Crippen molar-refractivity contribution in [2.24, 2.45) is 0 Å². The molecule has 1 fully saturated rings. The topological polar surface area (TPSA) is 65.1 Å². The van der Waals surface area contributed by atoms with Crippen molar-refractivity contribution in [3.63, 3.8) is 0 Å². The number of thioether (sulfide) groups is 1. The molecule has 2 aromatic rings. The minimum atomic E-state index is -0.516. The molecule has 0 spiro atoms. The summed E-state index contributed by atoms with van der Waals surface area (Å²) < 4.78 is 16.0. The first-order chi connectivity index (χ1) is 13.5. The molecule has 0 unspecified atom stereocenters. The van der Waals surface area contributed by atoms with E-state index in [0.717, 1.165) is 22.9 Å². The summed E-state index contributed by atoms with van der Waals surface area (Å²) in [6, 6.07) is 10.8. The third-order valence-corrected chi connectivity index (χ3v) is 5.88. The molecule has 0 saturated carbocycles. The summed E-state index contributed by atoms with van der Waals surface area (Å²) in [6.07, 6.45) is 0.366. The van der Waals surface area contributed by atoms with E-state index in [1.54, 1.807) is 24.3 Å². The first-order valence-electron chi connectivity index (χ1n) is 8.52. The fourth-order valence-corrected chi connectivity index (χ4v) is 4.26. The molecule has 0 radical (unpaired) electrons. The first-order valence-corrected chi connectivity index (χ1v) is 9.78. The van der Waals surface area contributed by atoms with Crippen LogP contribution in [0, 0.1) is 0 Å². The Morgan fingerprint density at radius 2 is 1.68 bits per heavy atom. The molecule has 2 amide bonds. The van der Waals surface area contributed by atoms with Gasteiger partial charge in [-0.2, -0.15) is 0 Å². The van der Waals surface area contributed by atoms with E-state index in [9.17, 15) is 9.59 Å². The highest BCUT2D eigenvalue weighted by molar-refractivity contribution is 8.15. The number of rotatable bonds is 7. The zero-order valence-corrected chi connectivity index (χ0v) is 17.3. The van der Waals surface area contributed by atoms with Crippen molar-refractivity contribution in [1.82, 2.24) is 4.90 Å². The number of methoxy groups -OCH3 is 3. The van der Waals surface area contributed by atoms with Crippen LogP contribution >= 0.6 is 23.4 Å². The summed E-state index contributed by atoms with van der Waals surface area (Å²) in [5, 5.41) is -0.263. The van der Waals surface area contributed by atoms with E-state index in [-0.39, 0.29) is 17.7 Å². The van der Waals surface area contributed by atoms with Crippen LogP contribution in [-0.2, 0) is 17.8 Å². The smallest absolute Gasteiger partial charge is 0.289 e. The Hall–Kier alpha value is -2.38. The van der Waals surface area contributed by atoms with Crippen molar-refractivity contribution >= 4 is 34.5 Å². The Labute approximate surface area is 172 Å². The molecule has 6 nitrogen and oxygen atoms in total. The van der Waals surface area contributed by atoms with Crippen molar-refractivity contribution in [3.8, 4) is 17.2 Å². The van der Waals surface area contributed by atoms with Crippen LogP contribution < -0.4 is 14.2 Å². The van der Waals surface area contributed by atoms with E-state index in [4.69, 9.17) is 25.8 Å². The lowest BCUT2D eigenvalue weighted by atomic mass is 10.1. The second kappa shape index (κ2) is 8.75. The lowest BCUT2D eigenvalue weighted by Crippen LogP contribution is -2.31. The molecule has 1 saturated heterocycles. The molecule has 3 rings (SSSR count). The summed E-state index contributed by atoms with van der Waals surface area (Å²) in [6.45, 7) is 0.163. The highest BCUT2D eigenvalue weighted by Gasteiger charge is 2.39. The lowest BCUT2D eigenvalue weighted by molar-refractivity contribution is -0.127. The van der Waals surface area contributed by atoms with E-state index in [2.05, 4.69) is 0 Å². The van der Waals surface area contributed by atoms with Gasteiger partial charge in [-0.3, -0.25) is 14.5 Å². The largest absolute Gasteiger partial charge is 0.493 e. The van der Waals surface area contributed by atoms with Gasteiger partial charge in [0.05, 0.1) is 33.1 Å². The van der Waals surface area contributed by atoms with Crippen molar-refractivity contribution < 1.29 is 23.8 Å². The molecule has 0 N–H and O–H groups in total. The number of imide groups is 1. The Bertz CT molecular complexity index is 879.